The molecule has 0 radical (unpaired) electrons. The number of rotatable bonds is 3. The molecular formula is C10H7ClFN5O2. The molecule has 1 aromatic heterocycles. The van der Waals surface area contributed by atoms with Crippen molar-refractivity contribution in [2.24, 2.45) is 0 Å². The zero-order chi connectivity index (χ0) is 14.0. The molecule has 19 heavy (non-hydrogen) atoms. The van der Waals surface area contributed by atoms with E-state index in [0.29, 0.717) is 0 Å². The summed E-state index contributed by atoms with van der Waals surface area (Å²) in [4.78, 5) is 17.3. The second-order valence-corrected chi connectivity index (χ2v) is 3.88. The minimum atomic E-state index is -0.673. The zero-order valence-corrected chi connectivity index (χ0v) is 10.1. The topological polar surface area (TPSA) is 107 Å². The van der Waals surface area contributed by atoms with E-state index in [1.165, 1.54) is 12.1 Å². The van der Waals surface area contributed by atoms with Crippen molar-refractivity contribution >= 4 is 34.7 Å². The molecule has 9 heteroatoms. The van der Waals surface area contributed by atoms with Gasteiger partial charge < -0.3 is 11.1 Å². The molecule has 0 bridgehead atoms. The van der Waals surface area contributed by atoms with Gasteiger partial charge in [-0.3, -0.25) is 10.1 Å². The van der Waals surface area contributed by atoms with Crippen molar-refractivity contribution in [3.8, 4) is 0 Å². The van der Waals surface area contributed by atoms with Crippen LogP contribution in [0.2, 0.25) is 5.02 Å². The highest BCUT2D eigenvalue weighted by molar-refractivity contribution is 6.30. The number of benzene rings is 1. The number of hydrogen-bond donors (Lipinski definition) is 2. The number of halogens is 2. The molecule has 0 atom stereocenters. The van der Waals surface area contributed by atoms with E-state index in [1.807, 2.05) is 0 Å². The molecule has 0 unspecified atom stereocenters. The number of nitrogen functional groups attached to an aromatic ring is 1. The van der Waals surface area contributed by atoms with Crippen LogP contribution in [0.1, 0.15) is 0 Å². The molecule has 0 saturated carbocycles. The lowest BCUT2D eigenvalue weighted by molar-refractivity contribution is -0.384. The fraction of sp³-hybridized carbons (Fsp3) is 0. The second-order valence-electron chi connectivity index (χ2n) is 3.47. The predicted octanol–water partition coefficient (Wildman–Crippen LogP) is 2.50. The number of nitrogens with zero attached hydrogens (tertiary/aromatic N) is 3. The summed E-state index contributed by atoms with van der Waals surface area (Å²) in [5.41, 5.74) is 5.24. The van der Waals surface area contributed by atoms with E-state index >= 15 is 0 Å². The van der Waals surface area contributed by atoms with Crippen LogP contribution in [-0.4, -0.2) is 14.9 Å². The Labute approximate surface area is 111 Å². The van der Waals surface area contributed by atoms with E-state index in [0.717, 1.165) is 12.3 Å². The van der Waals surface area contributed by atoms with Gasteiger partial charge in [-0.05, 0) is 18.2 Å². The van der Waals surface area contributed by atoms with Gasteiger partial charge in [-0.15, -0.1) is 0 Å². The highest BCUT2D eigenvalue weighted by atomic mass is 35.5. The van der Waals surface area contributed by atoms with Crippen LogP contribution in [0.4, 0.5) is 27.5 Å². The van der Waals surface area contributed by atoms with Crippen molar-refractivity contribution in [1.29, 1.82) is 0 Å². The lowest BCUT2D eigenvalue weighted by Crippen LogP contribution is -2.04. The van der Waals surface area contributed by atoms with E-state index in [4.69, 9.17) is 17.3 Å². The normalized spacial score (nSPS) is 10.2. The minimum Gasteiger partial charge on any atom is -0.368 e. The third kappa shape index (κ3) is 2.86. The number of nitrogens with two attached hydrogens (primary N) is 1. The van der Waals surface area contributed by atoms with E-state index in [1.54, 1.807) is 0 Å². The molecule has 0 aliphatic rings. The Balaban J connectivity index is 2.39. The molecule has 3 N–H and O–H groups in total. The molecule has 2 rings (SSSR count). The standard InChI is InChI=1S/C10H7ClFN5O2/c11-6-2-1-5(3-7(6)12)15-9-8(17(18)19)4-14-10(13)16-9/h1-4H,(H3,13,14,15,16). The fourth-order valence-electron chi connectivity index (χ4n) is 1.33. The second kappa shape index (κ2) is 5.02. The lowest BCUT2D eigenvalue weighted by atomic mass is 10.3. The van der Waals surface area contributed by atoms with Crippen LogP contribution >= 0.6 is 11.6 Å². The molecule has 7 nitrogen and oxygen atoms in total. The van der Waals surface area contributed by atoms with Crippen LogP contribution in [0.15, 0.2) is 24.4 Å². The minimum absolute atomic E-state index is 0.0535. The van der Waals surface area contributed by atoms with Gasteiger partial charge >= 0.3 is 5.69 Å². The highest BCUT2D eigenvalue weighted by Gasteiger charge is 2.17. The van der Waals surface area contributed by atoms with Gasteiger partial charge in [0, 0.05) is 5.69 Å². The molecule has 0 saturated heterocycles. The van der Waals surface area contributed by atoms with Gasteiger partial charge in [-0.1, -0.05) is 11.6 Å². The molecule has 0 aliphatic carbocycles. The maximum absolute atomic E-state index is 13.3. The van der Waals surface area contributed by atoms with Crippen molar-refractivity contribution in [3.05, 3.63) is 45.4 Å². The van der Waals surface area contributed by atoms with E-state index in [2.05, 4.69) is 15.3 Å². The Morgan fingerprint density at radius 1 is 1.47 bits per heavy atom. The van der Waals surface area contributed by atoms with Gasteiger partial charge in [0.1, 0.15) is 12.0 Å². The summed E-state index contributed by atoms with van der Waals surface area (Å²) >= 11 is 5.53. The van der Waals surface area contributed by atoms with Crippen LogP contribution in [0.25, 0.3) is 0 Å². The van der Waals surface area contributed by atoms with Crippen molar-refractivity contribution in [2.75, 3.05) is 11.1 Å². The van der Waals surface area contributed by atoms with E-state index in [9.17, 15) is 14.5 Å². The SMILES string of the molecule is Nc1ncc([N+](=O)[O-])c(Nc2ccc(Cl)c(F)c2)n1. The molecule has 98 valence electrons. The predicted molar refractivity (Wildman–Crippen MR) is 67.8 cm³/mol. The number of nitrogens with one attached hydrogen (secondary N) is 1. The third-order valence-corrected chi connectivity index (χ3v) is 2.47. The molecule has 1 aromatic carbocycles. The average Bonchev–Trinajstić information content (AvgIpc) is 2.33. The van der Waals surface area contributed by atoms with Crippen LogP contribution in [-0.2, 0) is 0 Å². The van der Waals surface area contributed by atoms with E-state index in [-0.39, 0.29) is 28.2 Å². The van der Waals surface area contributed by atoms with Gasteiger partial charge in [0.05, 0.1) is 9.95 Å². The summed E-state index contributed by atoms with van der Waals surface area (Å²) in [5, 5.41) is 13.3. The Bertz CT molecular complexity index is 652. The smallest absolute Gasteiger partial charge is 0.329 e. The molecule has 0 aliphatic heterocycles. The van der Waals surface area contributed by atoms with Gasteiger partial charge in [0.2, 0.25) is 11.8 Å². The summed E-state index contributed by atoms with van der Waals surface area (Å²) in [6, 6.07) is 3.85. The van der Waals surface area contributed by atoms with E-state index < -0.39 is 10.7 Å². The third-order valence-electron chi connectivity index (χ3n) is 2.17. The first-order valence-electron chi connectivity index (χ1n) is 4.96. The van der Waals surface area contributed by atoms with Crippen molar-refractivity contribution in [3.63, 3.8) is 0 Å². The summed E-state index contributed by atoms with van der Waals surface area (Å²) < 4.78 is 13.3. The highest BCUT2D eigenvalue weighted by Crippen LogP contribution is 2.26. The zero-order valence-electron chi connectivity index (χ0n) is 9.30. The Hall–Kier alpha value is -2.48. The van der Waals surface area contributed by atoms with Gasteiger partial charge in [-0.2, -0.15) is 4.98 Å². The molecule has 1 heterocycles. The van der Waals surface area contributed by atoms with Crippen LogP contribution < -0.4 is 11.1 Å². The van der Waals surface area contributed by atoms with Crippen molar-refractivity contribution < 1.29 is 9.31 Å². The van der Waals surface area contributed by atoms with Gasteiger partial charge in [0.15, 0.2) is 0 Å². The molecule has 0 spiro atoms. The molecule has 2 aromatic rings. The number of nitro groups is 1. The summed E-state index contributed by atoms with van der Waals surface area (Å²) in [6.07, 6.45) is 0.969. The molecule has 0 fully saturated rings. The quantitative estimate of drug-likeness (QED) is 0.662. The Kier molecular flexibility index (Phi) is 3.43. The van der Waals surface area contributed by atoms with Crippen molar-refractivity contribution in [2.45, 2.75) is 0 Å². The first-order valence-corrected chi connectivity index (χ1v) is 5.34. The molecular weight excluding hydrogens is 277 g/mol. The Morgan fingerprint density at radius 3 is 2.84 bits per heavy atom. The van der Waals surface area contributed by atoms with Gasteiger partial charge in [0.25, 0.3) is 0 Å². The number of anilines is 3. The van der Waals surface area contributed by atoms with Crippen LogP contribution in [0.5, 0.6) is 0 Å². The maximum Gasteiger partial charge on any atom is 0.329 e. The monoisotopic (exact) mass is 283 g/mol. The van der Waals surface area contributed by atoms with Crippen molar-refractivity contribution in [1.82, 2.24) is 9.97 Å². The lowest BCUT2D eigenvalue weighted by Gasteiger charge is -2.06. The van der Waals surface area contributed by atoms with Gasteiger partial charge in [-0.25, -0.2) is 9.37 Å². The summed E-state index contributed by atoms with van der Waals surface area (Å²) in [7, 11) is 0. The van der Waals surface area contributed by atoms with Crippen LogP contribution in [0.3, 0.4) is 0 Å². The summed E-state index contributed by atoms with van der Waals surface area (Å²) in [5.74, 6) is -0.918. The largest absolute Gasteiger partial charge is 0.368 e. The number of hydrogen-bond acceptors (Lipinski definition) is 6. The Morgan fingerprint density at radius 2 is 2.21 bits per heavy atom. The average molecular weight is 284 g/mol. The molecule has 0 amide bonds. The fourth-order valence-corrected chi connectivity index (χ4v) is 1.44. The maximum atomic E-state index is 13.3. The summed E-state index contributed by atoms with van der Waals surface area (Å²) in [6.45, 7) is 0. The first-order chi connectivity index (χ1) is 8.97. The van der Waals surface area contributed by atoms with Crippen LogP contribution in [0, 0.1) is 15.9 Å². The first kappa shape index (κ1) is 13.0. The number of aromatic nitrogens is 2.